The number of aromatic nitrogens is 2. The van der Waals surface area contributed by atoms with Gasteiger partial charge in [0.25, 0.3) is 0 Å². The second-order valence-corrected chi connectivity index (χ2v) is 7.03. The van der Waals surface area contributed by atoms with Gasteiger partial charge in [-0.05, 0) is 42.5 Å². The largest absolute Gasteiger partial charge is 0.497 e. The number of hydrogen-bond donors (Lipinski definition) is 1. The van der Waals surface area contributed by atoms with Crippen LogP contribution in [0.2, 0.25) is 0 Å². The highest BCUT2D eigenvalue weighted by molar-refractivity contribution is 5.84. The molecule has 0 saturated heterocycles. The Morgan fingerprint density at radius 2 is 1.33 bits per heavy atom. The quantitative estimate of drug-likeness (QED) is 0.297. The van der Waals surface area contributed by atoms with E-state index in [0.29, 0.717) is 17.4 Å². The molecule has 0 fully saturated rings. The summed E-state index contributed by atoms with van der Waals surface area (Å²) in [5, 5.41) is 4.33. The van der Waals surface area contributed by atoms with Crippen LogP contribution in [0.4, 0.5) is 5.95 Å². The molecule has 3 aromatic carbocycles. The van der Waals surface area contributed by atoms with E-state index >= 15 is 0 Å². The van der Waals surface area contributed by atoms with E-state index in [2.05, 4.69) is 20.5 Å². The van der Waals surface area contributed by atoms with E-state index < -0.39 is 0 Å². The molecule has 166 valence electrons. The van der Waals surface area contributed by atoms with Crippen LogP contribution in [0.25, 0.3) is 22.5 Å². The Kier molecular flexibility index (Phi) is 6.80. The van der Waals surface area contributed by atoms with E-state index in [1.807, 2.05) is 72.8 Å². The molecule has 7 nitrogen and oxygen atoms in total. The van der Waals surface area contributed by atoms with E-state index in [0.717, 1.165) is 33.8 Å². The van der Waals surface area contributed by atoms with E-state index in [1.54, 1.807) is 33.6 Å². The Morgan fingerprint density at radius 1 is 0.697 bits per heavy atom. The van der Waals surface area contributed by atoms with Crippen molar-refractivity contribution in [1.29, 1.82) is 0 Å². The molecule has 0 amide bonds. The van der Waals surface area contributed by atoms with Gasteiger partial charge in [0.15, 0.2) is 0 Å². The van der Waals surface area contributed by atoms with Crippen molar-refractivity contribution in [2.75, 3.05) is 26.8 Å². The van der Waals surface area contributed by atoms with Gasteiger partial charge in [0, 0.05) is 22.8 Å². The number of hydrogen-bond acceptors (Lipinski definition) is 7. The number of hydrazone groups is 1. The van der Waals surface area contributed by atoms with Gasteiger partial charge in [0.2, 0.25) is 5.95 Å². The molecule has 0 unspecified atom stereocenters. The maximum atomic E-state index is 5.42. The Balaban J connectivity index is 1.66. The summed E-state index contributed by atoms with van der Waals surface area (Å²) in [5.41, 5.74) is 7.23. The van der Waals surface area contributed by atoms with Crippen LogP contribution in [0.1, 0.15) is 5.56 Å². The zero-order valence-corrected chi connectivity index (χ0v) is 18.6. The molecule has 0 saturated carbocycles. The number of benzene rings is 3. The smallest absolute Gasteiger partial charge is 0.244 e. The number of ether oxygens (including phenoxy) is 3. The Bertz CT molecular complexity index is 1240. The highest BCUT2D eigenvalue weighted by Gasteiger charge is 2.09. The fraction of sp³-hybridized carbons (Fsp3) is 0.115. The molecule has 0 atom stereocenters. The first-order valence-electron chi connectivity index (χ1n) is 10.3. The van der Waals surface area contributed by atoms with Crippen molar-refractivity contribution in [3.05, 3.63) is 84.4 Å². The summed E-state index contributed by atoms with van der Waals surface area (Å²) >= 11 is 0. The highest BCUT2D eigenvalue weighted by Crippen LogP contribution is 2.27. The second-order valence-electron chi connectivity index (χ2n) is 7.03. The number of rotatable bonds is 8. The third kappa shape index (κ3) is 5.27. The molecule has 0 aliphatic heterocycles. The zero-order chi connectivity index (χ0) is 23.0. The molecule has 1 N–H and O–H groups in total. The lowest BCUT2D eigenvalue weighted by molar-refractivity contribution is 0.394. The maximum Gasteiger partial charge on any atom is 0.244 e. The molecule has 7 heteroatoms. The summed E-state index contributed by atoms with van der Waals surface area (Å²) in [5.74, 6) is 2.52. The number of anilines is 1. The molecular weight excluding hydrogens is 416 g/mol. The van der Waals surface area contributed by atoms with Crippen molar-refractivity contribution in [2.24, 2.45) is 5.10 Å². The van der Waals surface area contributed by atoms with Crippen LogP contribution in [-0.2, 0) is 0 Å². The molecule has 0 spiro atoms. The van der Waals surface area contributed by atoms with Gasteiger partial charge in [0.05, 0.1) is 38.9 Å². The monoisotopic (exact) mass is 440 g/mol. The Hall–Kier alpha value is -4.39. The standard InChI is InChI=1S/C26H24N4O3/c1-31-21-12-9-19(10-13-21)24-16-23(18-7-5-4-6-8-18)28-26(29-24)30-27-17-20-11-14-22(32-2)15-25(20)33-3/h4-17H,1-3H3,(H,28,29,30)/b27-17+. The van der Waals surface area contributed by atoms with Crippen LogP contribution in [-0.4, -0.2) is 37.5 Å². The lowest BCUT2D eigenvalue weighted by atomic mass is 10.1. The van der Waals surface area contributed by atoms with Gasteiger partial charge in [-0.25, -0.2) is 15.4 Å². The lowest BCUT2D eigenvalue weighted by Crippen LogP contribution is -2.01. The SMILES string of the molecule is COc1ccc(-c2cc(-c3ccccc3)nc(N/N=C/c3ccc(OC)cc3OC)n2)cc1. The summed E-state index contributed by atoms with van der Waals surface area (Å²) in [6.07, 6.45) is 1.66. The maximum absolute atomic E-state index is 5.42. The van der Waals surface area contributed by atoms with Crippen LogP contribution in [0.15, 0.2) is 84.0 Å². The van der Waals surface area contributed by atoms with Crippen LogP contribution in [0.3, 0.4) is 0 Å². The van der Waals surface area contributed by atoms with Gasteiger partial charge < -0.3 is 14.2 Å². The minimum atomic E-state index is 0.380. The first-order valence-corrected chi connectivity index (χ1v) is 10.3. The molecule has 4 rings (SSSR count). The van der Waals surface area contributed by atoms with E-state index in [4.69, 9.17) is 14.2 Å². The van der Waals surface area contributed by atoms with Crippen LogP contribution in [0, 0.1) is 0 Å². The first-order chi connectivity index (χ1) is 16.2. The third-order valence-electron chi connectivity index (χ3n) is 4.99. The van der Waals surface area contributed by atoms with Crippen molar-refractivity contribution >= 4 is 12.2 Å². The summed E-state index contributed by atoms with van der Waals surface area (Å²) in [6.45, 7) is 0. The van der Waals surface area contributed by atoms with Gasteiger partial charge in [0.1, 0.15) is 17.2 Å². The number of nitrogens with zero attached hydrogens (tertiary/aromatic N) is 3. The molecule has 4 aromatic rings. The molecular formula is C26H24N4O3. The predicted molar refractivity (Wildman–Crippen MR) is 130 cm³/mol. The van der Waals surface area contributed by atoms with E-state index in [-0.39, 0.29) is 0 Å². The first kappa shape index (κ1) is 21.8. The third-order valence-corrected chi connectivity index (χ3v) is 4.99. The van der Waals surface area contributed by atoms with Crippen LogP contribution in [0.5, 0.6) is 17.2 Å². The van der Waals surface area contributed by atoms with Crippen molar-refractivity contribution < 1.29 is 14.2 Å². The molecule has 1 aromatic heterocycles. The van der Waals surface area contributed by atoms with Gasteiger partial charge in [-0.1, -0.05) is 30.3 Å². The predicted octanol–water partition coefficient (Wildman–Crippen LogP) is 5.28. The van der Waals surface area contributed by atoms with Gasteiger partial charge >= 0.3 is 0 Å². The highest BCUT2D eigenvalue weighted by atomic mass is 16.5. The normalized spacial score (nSPS) is 10.8. The minimum absolute atomic E-state index is 0.380. The van der Waals surface area contributed by atoms with Crippen LogP contribution >= 0.6 is 0 Å². The zero-order valence-electron chi connectivity index (χ0n) is 18.6. The lowest BCUT2D eigenvalue weighted by Gasteiger charge is -2.09. The molecule has 0 radical (unpaired) electrons. The fourth-order valence-electron chi connectivity index (χ4n) is 3.25. The second kappa shape index (κ2) is 10.3. The topological polar surface area (TPSA) is 77.9 Å². The van der Waals surface area contributed by atoms with E-state index in [1.165, 1.54) is 0 Å². The summed E-state index contributed by atoms with van der Waals surface area (Å²) in [4.78, 5) is 9.31. The summed E-state index contributed by atoms with van der Waals surface area (Å²) < 4.78 is 15.9. The number of nitrogens with one attached hydrogen (secondary N) is 1. The molecule has 0 aliphatic rings. The van der Waals surface area contributed by atoms with Gasteiger partial charge in [-0.15, -0.1) is 0 Å². The number of methoxy groups -OCH3 is 3. The Morgan fingerprint density at radius 3 is 1.97 bits per heavy atom. The summed E-state index contributed by atoms with van der Waals surface area (Å²) in [7, 11) is 4.86. The van der Waals surface area contributed by atoms with Gasteiger partial charge in [-0.3, -0.25) is 0 Å². The average molecular weight is 441 g/mol. The molecule has 0 aliphatic carbocycles. The molecule has 0 bridgehead atoms. The van der Waals surface area contributed by atoms with Crippen molar-refractivity contribution in [3.63, 3.8) is 0 Å². The van der Waals surface area contributed by atoms with Crippen molar-refractivity contribution in [1.82, 2.24) is 9.97 Å². The molecule has 1 heterocycles. The van der Waals surface area contributed by atoms with Gasteiger partial charge in [-0.2, -0.15) is 5.10 Å². The fourth-order valence-corrected chi connectivity index (χ4v) is 3.25. The Labute approximate surface area is 192 Å². The molecule has 33 heavy (non-hydrogen) atoms. The average Bonchev–Trinajstić information content (AvgIpc) is 2.89. The van der Waals surface area contributed by atoms with E-state index in [9.17, 15) is 0 Å². The minimum Gasteiger partial charge on any atom is -0.497 e. The van der Waals surface area contributed by atoms with Crippen LogP contribution < -0.4 is 19.6 Å². The summed E-state index contributed by atoms with van der Waals surface area (Å²) in [6, 6.07) is 25.2. The van der Waals surface area contributed by atoms with Crippen molar-refractivity contribution in [2.45, 2.75) is 0 Å². The van der Waals surface area contributed by atoms with Crippen molar-refractivity contribution in [3.8, 4) is 39.8 Å².